The molecule has 0 saturated heterocycles. The fourth-order valence-corrected chi connectivity index (χ4v) is 2.24. The highest BCUT2D eigenvalue weighted by atomic mass is 16.6. The summed E-state index contributed by atoms with van der Waals surface area (Å²) in [5, 5.41) is 2.80. The van der Waals surface area contributed by atoms with Crippen LogP contribution in [0.4, 0.5) is 5.69 Å². The number of benzene rings is 1. The van der Waals surface area contributed by atoms with Gasteiger partial charge in [0.25, 0.3) is 0 Å². The minimum atomic E-state index is -0.845. The van der Waals surface area contributed by atoms with Crippen LogP contribution in [0.2, 0.25) is 0 Å². The third-order valence-corrected chi connectivity index (χ3v) is 3.39. The number of carbonyl (C=O) groups is 2. The average Bonchev–Trinajstić information content (AvgIpc) is 2.46. The van der Waals surface area contributed by atoms with Crippen molar-refractivity contribution in [2.75, 3.05) is 0 Å². The topological polar surface area (TPSA) is 72.8 Å². The Morgan fingerprint density at radius 3 is 2.62 bits per heavy atom. The lowest BCUT2D eigenvalue weighted by Crippen LogP contribution is -2.17. The van der Waals surface area contributed by atoms with E-state index >= 15 is 0 Å². The lowest BCUT2D eigenvalue weighted by atomic mass is 9.99. The maximum absolute atomic E-state index is 12.1. The van der Waals surface area contributed by atoms with Crippen LogP contribution in [0, 0.1) is 11.8 Å². The zero-order valence-corrected chi connectivity index (χ0v) is 11.9. The molecule has 0 radical (unpaired) electrons. The van der Waals surface area contributed by atoms with Crippen molar-refractivity contribution in [1.29, 1.82) is 0 Å². The smallest absolute Gasteiger partial charge is 0.348 e. The Morgan fingerprint density at radius 1 is 1.19 bits per heavy atom. The number of rotatable bonds is 3. The van der Waals surface area contributed by atoms with E-state index in [2.05, 4.69) is 5.18 Å². The van der Waals surface area contributed by atoms with Gasteiger partial charge in [-0.2, -0.15) is 0 Å². The highest BCUT2D eigenvalue weighted by Crippen LogP contribution is 2.25. The molecule has 5 nitrogen and oxygen atoms in total. The van der Waals surface area contributed by atoms with Crippen molar-refractivity contribution >= 4 is 17.6 Å². The standard InChI is InChI=1S/C16H15NO4/c1-10-6-3-4-8-12(10)15(18)21-16(19)14-11(2)7-5-9-13(14)17-20/h3,5-7,9H,4,8H2,1-2H3. The van der Waals surface area contributed by atoms with Crippen molar-refractivity contribution in [1.82, 2.24) is 0 Å². The number of nitroso groups, excluding NO2 is 1. The lowest BCUT2D eigenvalue weighted by molar-refractivity contribution is -0.133. The van der Waals surface area contributed by atoms with Gasteiger partial charge in [0.15, 0.2) is 0 Å². The molecule has 0 saturated carbocycles. The summed E-state index contributed by atoms with van der Waals surface area (Å²) in [5.41, 5.74) is 1.82. The van der Waals surface area contributed by atoms with Gasteiger partial charge >= 0.3 is 11.9 Å². The summed E-state index contributed by atoms with van der Waals surface area (Å²) in [6, 6.07) is 4.68. The molecule has 21 heavy (non-hydrogen) atoms. The zero-order valence-electron chi connectivity index (χ0n) is 11.9. The van der Waals surface area contributed by atoms with Crippen LogP contribution >= 0.6 is 0 Å². The van der Waals surface area contributed by atoms with Crippen molar-refractivity contribution in [2.45, 2.75) is 26.7 Å². The number of nitrogens with zero attached hydrogens (tertiary/aromatic N) is 1. The van der Waals surface area contributed by atoms with Gasteiger partial charge < -0.3 is 4.74 Å². The third kappa shape index (κ3) is 3.13. The van der Waals surface area contributed by atoms with Gasteiger partial charge in [-0.1, -0.05) is 24.3 Å². The first-order valence-corrected chi connectivity index (χ1v) is 6.60. The van der Waals surface area contributed by atoms with E-state index in [-0.39, 0.29) is 11.3 Å². The van der Waals surface area contributed by atoms with Crippen LogP contribution in [0.15, 0.2) is 46.7 Å². The number of carbonyl (C=O) groups excluding carboxylic acids is 2. The molecule has 0 N–H and O–H groups in total. The first-order valence-electron chi connectivity index (χ1n) is 6.60. The molecule has 0 aliphatic heterocycles. The van der Waals surface area contributed by atoms with E-state index in [1.807, 2.05) is 12.2 Å². The van der Waals surface area contributed by atoms with Gasteiger partial charge in [0.1, 0.15) is 5.69 Å². The molecule has 0 atom stereocenters. The minimum Gasteiger partial charge on any atom is -0.386 e. The Kier molecular flexibility index (Phi) is 4.42. The summed E-state index contributed by atoms with van der Waals surface area (Å²) in [5.74, 6) is -1.51. The van der Waals surface area contributed by atoms with Gasteiger partial charge in [0.2, 0.25) is 0 Å². The Labute approximate surface area is 122 Å². The highest BCUT2D eigenvalue weighted by molar-refractivity contribution is 6.05. The van der Waals surface area contributed by atoms with Crippen LogP contribution in [-0.4, -0.2) is 11.9 Å². The van der Waals surface area contributed by atoms with E-state index in [9.17, 15) is 14.5 Å². The van der Waals surface area contributed by atoms with Gasteiger partial charge in [0, 0.05) is 5.57 Å². The van der Waals surface area contributed by atoms with Gasteiger partial charge in [-0.05, 0) is 49.1 Å². The molecule has 1 aliphatic carbocycles. The van der Waals surface area contributed by atoms with Crippen molar-refractivity contribution in [3.63, 3.8) is 0 Å². The number of hydrogen-bond acceptors (Lipinski definition) is 5. The third-order valence-electron chi connectivity index (χ3n) is 3.39. The molecule has 5 heteroatoms. The molecule has 1 aliphatic rings. The van der Waals surface area contributed by atoms with Crippen LogP contribution in [0.1, 0.15) is 35.7 Å². The molecule has 0 bridgehead atoms. The lowest BCUT2D eigenvalue weighted by Gasteiger charge is -2.12. The van der Waals surface area contributed by atoms with Crippen molar-refractivity contribution in [3.8, 4) is 0 Å². The normalized spacial score (nSPS) is 14.0. The van der Waals surface area contributed by atoms with Gasteiger partial charge in [-0.3, -0.25) is 0 Å². The molecule has 0 amide bonds. The average molecular weight is 285 g/mol. The fraction of sp³-hybridized carbons (Fsp3) is 0.250. The molecule has 0 heterocycles. The second-order valence-corrected chi connectivity index (χ2v) is 4.84. The minimum absolute atomic E-state index is 0.0259. The molecule has 0 aromatic heterocycles. The van der Waals surface area contributed by atoms with E-state index in [1.54, 1.807) is 26.0 Å². The van der Waals surface area contributed by atoms with Gasteiger partial charge in [-0.15, -0.1) is 4.91 Å². The first kappa shape index (κ1) is 14.8. The molecule has 1 aromatic carbocycles. The fourth-order valence-electron chi connectivity index (χ4n) is 2.24. The number of esters is 2. The monoisotopic (exact) mass is 285 g/mol. The Morgan fingerprint density at radius 2 is 1.95 bits per heavy atom. The van der Waals surface area contributed by atoms with Crippen molar-refractivity contribution in [3.05, 3.63) is 57.5 Å². The Hall–Kier alpha value is -2.56. The van der Waals surface area contributed by atoms with Crippen LogP contribution in [0.3, 0.4) is 0 Å². The van der Waals surface area contributed by atoms with Crippen molar-refractivity contribution in [2.24, 2.45) is 5.18 Å². The Balaban J connectivity index is 2.25. The maximum atomic E-state index is 12.1. The quantitative estimate of drug-likeness (QED) is 0.481. The van der Waals surface area contributed by atoms with E-state index in [1.165, 1.54) is 6.07 Å². The Bertz CT molecular complexity index is 671. The van der Waals surface area contributed by atoms with Crippen LogP contribution in [-0.2, 0) is 9.53 Å². The largest absolute Gasteiger partial charge is 0.386 e. The van der Waals surface area contributed by atoms with Gasteiger partial charge in [-0.25, -0.2) is 9.59 Å². The summed E-state index contributed by atoms with van der Waals surface area (Å²) in [7, 11) is 0. The van der Waals surface area contributed by atoms with Crippen LogP contribution in [0.25, 0.3) is 0 Å². The zero-order chi connectivity index (χ0) is 15.4. The predicted molar refractivity (Wildman–Crippen MR) is 78.1 cm³/mol. The molecular weight excluding hydrogens is 270 g/mol. The van der Waals surface area contributed by atoms with Crippen LogP contribution in [0.5, 0.6) is 0 Å². The maximum Gasteiger partial charge on any atom is 0.348 e. The summed E-state index contributed by atoms with van der Waals surface area (Å²) in [6.07, 6.45) is 5.07. The highest BCUT2D eigenvalue weighted by Gasteiger charge is 2.23. The molecule has 1 aromatic rings. The SMILES string of the molecule is CC1=C(C(=O)OC(=O)c2c(C)cccc2N=O)CCC=C1. The van der Waals surface area contributed by atoms with Crippen LogP contribution < -0.4 is 0 Å². The summed E-state index contributed by atoms with van der Waals surface area (Å²) in [4.78, 5) is 34.9. The second kappa shape index (κ2) is 6.26. The molecular formula is C16H15NO4. The number of ether oxygens (including phenoxy) is 1. The van der Waals surface area contributed by atoms with E-state index in [0.717, 1.165) is 12.0 Å². The molecule has 0 fully saturated rings. The number of aryl methyl sites for hydroxylation is 1. The molecule has 0 spiro atoms. The first-order chi connectivity index (χ1) is 10.0. The summed E-state index contributed by atoms with van der Waals surface area (Å²) >= 11 is 0. The molecule has 108 valence electrons. The van der Waals surface area contributed by atoms with E-state index < -0.39 is 11.9 Å². The second-order valence-electron chi connectivity index (χ2n) is 4.84. The predicted octanol–water partition coefficient (Wildman–Crippen LogP) is 3.74. The van der Waals surface area contributed by atoms with Crippen molar-refractivity contribution < 1.29 is 14.3 Å². The van der Waals surface area contributed by atoms with Gasteiger partial charge in [0.05, 0.1) is 5.56 Å². The summed E-state index contributed by atoms with van der Waals surface area (Å²) < 4.78 is 4.90. The van der Waals surface area contributed by atoms with E-state index in [0.29, 0.717) is 17.6 Å². The number of allylic oxidation sites excluding steroid dienone is 3. The van der Waals surface area contributed by atoms with E-state index in [4.69, 9.17) is 4.74 Å². The number of hydrogen-bond donors (Lipinski definition) is 0. The molecule has 2 rings (SSSR count). The molecule has 0 unspecified atom stereocenters. The summed E-state index contributed by atoms with van der Waals surface area (Å²) in [6.45, 7) is 3.45.